The van der Waals surface area contributed by atoms with Crippen molar-refractivity contribution in [1.82, 2.24) is 4.90 Å². The Bertz CT molecular complexity index is 1710. The number of hydrogen-bond acceptors (Lipinski definition) is 6. The number of para-hydroxylation sites is 1. The molecule has 44 heavy (non-hydrogen) atoms. The molecule has 2 aliphatic rings. The van der Waals surface area contributed by atoms with E-state index in [1.54, 1.807) is 55.7 Å². The number of carbonyl (C=O) groups is 3. The average molecular weight is 587 g/mol. The molecular formula is C35H34N6O3. The van der Waals surface area contributed by atoms with Gasteiger partial charge in [-0.1, -0.05) is 42.5 Å². The molecule has 1 fully saturated rings. The van der Waals surface area contributed by atoms with E-state index in [0.717, 1.165) is 43.1 Å². The Morgan fingerprint density at radius 3 is 2.36 bits per heavy atom. The van der Waals surface area contributed by atoms with Crippen LogP contribution in [0.25, 0.3) is 0 Å². The van der Waals surface area contributed by atoms with Crippen molar-refractivity contribution in [1.29, 1.82) is 0 Å². The van der Waals surface area contributed by atoms with Crippen LogP contribution in [0, 0.1) is 0 Å². The number of likely N-dealkylation sites (N-methyl/N-ethyl adjacent to an activating group) is 1. The van der Waals surface area contributed by atoms with E-state index in [4.69, 9.17) is 0 Å². The number of fused-ring (bicyclic) bond motifs is 1. The van der Waals surface area contributed by atoms with E-state index >= 15 is 0 Å². The van der Waals surface area contributed by atoms with Gasteiger partial charge in [-0.15, -0.1) is 0 Å². The highest BCUT2D eigenvalue weighted by atomic mass is 16.2. The quantitative estimate of drug-likeness (QED) is 0.212. The number of anilines is 4. The lowest BCUT2D eigenvalue weighted by Crippen LogP contribution is -2.44. The maximum atomic E-state index is 13.4. The zero-order chi connectivity index (χ0) is 30.6. The van der Waals surface area contributed by atoms with Crippen molar-refractivity contribution in [2.75, 3.05) is 60.7 Å². The van der Waals surface area contributed by atoms with Crippen LogP contribution < -0.4 is 20.4 Å². The SMILES string of the molecule is CN1CCN(c2ccc(N=CC3C(=O)Nc4cc(C(=O)c5cccc(NC(=O)N(C)c6ccccc6)c5)ccc43)cc2)CC1. The Morgan fingerprint density at radius 2 is 1.61 bits per heavy atom. The predicted octanol–water partition coefficient (Wildman–Crippen LogP) is 5.78. The Kier molecular flexibility index (Phi) is 8.21. The normalized spacial score (nSPS) is 16.5. The van der Waals surface area contributed by atoms with Crippen molar-refractivity contribution >= 4 is 52.4 Å². The molecule has 4 aromatic rings. The number of nitrogens with zero attached hydrogens (tertiary/aromatic N) is 4. The minimum absolute atomic E-state index is 0.186. The largest absolute Gasteiger partial charge is 0.369 e. The first-order valence-corrected chi connectivity index (χ1v) is 14.6. The molecule has 9 heteroatoms. The van der Waals surface area contributed by atoms with Gasteiger partial charge in [-0.25, -0.2) is 4.79 Å². The number of aliphatic imine (C=N–C) groups is 1. The maximum absolute atomic E-state index is 13.4. The molecule has 3 amide bonds. The van der Waals surface area contributed by atoms with Crippen LogP contribution in [0.2, 0.25) is 0 Å². The molecule has 0 bridgehead atoms. The Labute approximate surface area is 256 Å². The molecule has 1 unspecified atom stereocenters. The second kappa shape index (κ2) is 12.5. The van der Waals surface area contributed by atoms with Crippen molar-refractivity contribution in [2.45, 2.75) is 5.92 Å². The predicted molar refractivity (Wildman–Crippen MR) is 176 cm³/mol. The molecule has 2 N–H and O–H groups in total. The van der Waals surface area contributed by atoms with E-state index in [0.29, 0.717) is 22.5 Å². The molecule has 4 aromatic carbocycles. The van der Waals surface area contributed by atoms with Crippen LogP contribution in [0.5, 0.6) is 0 Å². The smallest absolute Gasteiger partial charge is 0.326 e. The van der Waals surface area contributed by atoms with E-state index in [2.05, 4.69) is 44.6 Å². The van der Waals surface area contributed by atoms with Crippen LogP contribution in [0.15, 0.2) is 102 Å². The Balaban J connectivity index is 1.12. The number of piperazine rings is 1. The van der Waals surface area contributed by atoms with Crippen LogP contribution in [0.4, 0.5) is 33.2 Å². The number of amides is 3. The maximum Gasteiger partial charge on any atom is 0.326 e. The van der Waals surface area contributed by atoms with Gasteiger partial charge in [0.1, 0.15) is 5.92 Å². The molecular weight excluding hydrogens is 552 g/mol. The van der Waals surface area contributed by atoms with E-state index in [1.165, 1.54) is 10.6 Å². The summed E-state index contributed by atoms with van der Waals surface area (Å²) in [4.78, 5) is 49.8. The summed E-state index contributed by atoms with van der Waals surface area (Å²) in [5.74, 6) is -0.951. The fraction of sp³-hybridized carbons (Fsp3) is 0.200. The topological polar surface area (TPSA) is 97.3 Å². The number of benzene rings is 4. The molecule has 0 saturated carbocycles. The second-order valence-corrected chi connectivity index (χ2v) is 11.1. The molecule has 6 rings (SSSR count). The summed E-state index contributed by atoms with van der Waals surface area (Å²) in [6.07, 6.45) is 1.66. The third-order valence-electron chi connectivity index (χ3n) is 8.11. The van der Waals surface area contributed by atoms with E-state index < -0.39 is 5.92 Å². The van der Waals surface area contributed by atoms with Crippen LogP contribution in [0.3, 0.4) is 0 Å². The van der Waals surface area contributed by atoms with Crippen LogP contribution in [-0.2, 0) is 4.79 Å². The zero-order valence-electron chi connectivity index (χ0n) is 24.7. The number of rotatable bonds is 7. The van der Waals surface area contributed by atoms with Crippen molar-refractivity contribution in [3.05, 3.63) is 114 Å². The monoisotopic (exact) mass is 586 g/mol. The van der Waals surface area contributed by atoms with Gasteiger partial charge in [0.15, 0.2) is 5.78 Å². The number of nitrogens with one attached hydrogen (secondary N) is 2. The Morgan fingerprint density at radius 1 is 0.886 bits per heavy atom. The molecule has 0 spiro atoms. The molecule has 2 heterocycles. The molecule has 1 saturated heterocycles. The molecule has 2 aliphatic heterocycles. The van der Waals surface area contributed by atoms with Gasteiger partial charge in [0.05, 0.1) is 5.69 Å². The summed E-state index contributed by atoms with van der Waals surface area (Å²) in [6, 6.07) is 29.1. The first kappa shape index (κ1) is 28.8. The second-order valence-electron chi connectivity index (χ2n) is 11.1. The highest BCUT2D eigenvalue weighted by molar-refractivity contribution is 6.15. The number of hydrogen-bond donors (Lipinski definition) is 2. The van der Waals surface area contributed by atoms with Gasteiger partial charge < -0.3 is 20.4 Å². The van der Waals surface area contributed by atoms with Gasteiger partial charge in [0, 0.05) is 73.3 Å². The molecule has 222 valence electrons. The minimum atomic E-state index is -0.549. The number of ketones is 1. The minimum Gasteiger partial charge on any atom is -0.369 e. The third kappa shape index (κ3) is 6.23. The van der Waals surface area contributed by atoms with Gasteiger partial charge in [0.2, 0.25) is 5.91 Å². The standard InChI is InChI=1S/C35H34N6O3/c1-39-17-19-41(20-18-39)29-14-12-26(13-15-29)36-23-31-30-16-11-25(22-32(30)38-34(31)43)33(42)24-7-6-8-27(21-24)37-35(44)40(2)28-9-4-3-5-10-28/h3-16,21-23,31H,17-20H2,1-2H3,(H,37,44)(H,38,43). The zero-order valence-corrected chi connectivity index (χ0v) is 24.7. The molecule has 1 atom stereocenters. The van der Waals surface area contributed by atoms with Crippen LogP contribution >= 0.6 is 0 Å². The van der Waals surface area contributed by atoms with Crippen molar-refractivity contribution in [3.8, 4) is 0 Å². The fourth-order valence-corrected chi connectivity index (χ4v) is 5.43. The van der Waals surface area contributed by atoms with Crippen LogP contribution in [-0.4, -0.2) is 69.1 Å². The lowest BCUT2D eigenvalue weighted by Gasteiger charge is -2.34. The summed E-state index contributed by atoms with van der Waals surface area (Å²) >= 11 is 0. The Hall–Kier alpha value is -5.28. The van der Waals surface area contributed by atoms with Gasteiger partial charge >= 0.3 is 6.03 Å². The van der Waals surface area contributed by atoms with Gasteiger partial charge in [0.25, 0.3) is 0 Å². The molecule has 9 nitrogen and oxygen atoms in total. The summed E-state index contributed by atoms with van der Waals surface area (Å²) < 4.78 is 0. The lowest BCUT2D eigenvalue weighted by molar-refractivity contribution is -0.115. The summed E-state index contributed by atoms with van der Waals surface area (Å²) in [5.41, 5.74) is 5.43. The molecule has 0 aromatic heterocycles. The van der Waals surface area contributed by atoms with E-state index in [9.17, 15) is 14.4 Å². The molecule has 0 aliphatic carbocycles. The van der Waals surface area contributed by atoms with Gasteiger partial charge in [-0.05, 0) is 67.2 Å². The first-order chi connectivity index (χ1) is 21.4. The lowest BCUT2D eigenvalue weighted by atomic mass is 9.97. The van der Waals surface area contributed by atoms with Gasteiger partial charge in [-0.2, -0.15) is 0 Å². The summed E-state index contributed by atoms with van der Waals surface area (Å²) in [6.45, 7) is 4.08. The summed E-state index contributed by atoms with van der Waals surface area (Å²) in [5, 5.41) is 5.74. The van der Waals surface area contributed by atoms with Gasteiger partial charge in [-0.3, -0.25) is 19.5 Å². The fourth-order valence-electron chi connectivity index (χ4n) is 5.43. The van der Waals surface area contributed by atoms with Crippen molar-refractivity contribution in [2.24, 2.45) is 4.99 Å². The van der Waals surface area contributed by atoms with Crippen LogP contribution in [0.1, 0.15) is 27.4 Å². The van der Waals surface area contributed by atoms with E-state index in [-0.39, 0.29) is 17.7 Å². The summed E-state index contributed by atoms with van der Waals surface area (Å²) in [7, 11) is 3.82. The van der Waals surface area contributed by atoms with Crippen molar-refractivity contribution in [3.63, 3.8) is 0 Å². The highest BCUT2D eigenvalue weighted by Gasteiger charge is 2.30. The number of carbonyl (C=O) groups excluding carboxylic acids is 3. The highest BCUT2D eigenvalue weighted by Crippen LogP contribution is 2.33. The van der Waals surface area contributed by atoms with E-state index in [1.807, 2.05) is 42.5 Å². The molecule has 0 radical (unpaired) electrons. The number of urea groups is 1. The average Bonchev–Trinajstić information content (AvgIpc) is 3.38. The third-order valence-corrected chi connectivity index (χ3v) is 8.11. The first-order valence-electron chi connectivity index (χ1n) is 14.6. The van der Waals surface area contributed by atoms with Crippen molar-refractivity contribution < 1.29 is 14.4 Å².